The first-order valence-corrected chi connectivity index (χ1v) is 6.15. The summed E-state index contributed by atoms with van der Waals surface area (Å²) in [6.45, 7) is 3.00. The van der Waals surface area contributed by atoms with E-state index < -0.39 is 0 Å². The number of anilines is 2. The Morgan fingerprint density at radius 1 is 1.33 bits per heavy atom. The summed E-state index contributed by atoms with van der Waals surface area (Å²) in [5.41, 5.74) is 7.32. The molecule has 5 heteroatoms. The lowest BCUT2D eigenvalue weighted by atomic mass is 10.1. The topological polar surface area (TPSA) is 84.1 Å². The zero-order valence-corrected chi connectivity index (χ0v) is 10.5. The van der Waals surface area contributed by atoms with E-state index in [0.29, 0.717) is 0 Å². The monoisotopic (exact) mass is 246 g/mol. The number of hydrogen-bond donors (Lipinski definition) is 3. The molecular weight excluding hydrogens is 228 g/mol. The van der Waals surface area contributed by atoms with Gasteiger partial charge in [0.1, 0.15) is 5.82 Å². The van der Waals surface area contributed by atoms with E-state index in [-0.39, 0.29) is 12.6 Å². The van der Waals surface area contributed by atoms with E-state index in [4.69, 9.17) is 5.73 Å². The van der Waals surface area contributed by atoms with Crippen LogP contribution < -0.4 is 11.1 Å². The van der Waals surface area contributed by atoms with Gasteiger partial charge in [0, 0.05) is 11.9 Å². The van der Waals surface area contributed by atoms with Gasteiger partial charge in [-0.15, -0.1) is 0 Å². The molecule has 0 bridgehead atoms. The van der Waals surface area contributed by atoms with Crippen LogP contribution in [0.1, 0.15) is 25.3 Å². The molecule has 0 aliphatic carbocycles. The van der Waals surface area contributed by atoms with Crippen molar-refractivity contribution in [3.05, 3.63) is 23.8 Å². The summed E-state index contributed by atoms with van der Waals surface area (Å²) in [6, 6.07) is 5.58. The summed E-state index contributed by atoms with van der Waals surface area (Å²) in [4.78, 5) is 8.41. The van der Waals surface area contributed by atoms with Gasteiger partial charge in [-0.1, -0.05) is 19.4 Å². The first kappa shape index (κ1) is 12.6. The molecule has 0 radical (unpaired) electrons. The molecule has 5 nitrogen and oxygen atoms in total. The summed E-state index contributed by atoms with van der Waals surface area (Å²) in [5, 5.41) is 13.3. The zero-order chi connectivity index (χ0) is 13.0. The fourth-order valence-electron chi connectivity index (χ4n) is 1.81. The fraction of sp³-hybridized carbons (Fsp3) is 0.385. The predicted octanol–water partition coefficient (Wildman–Crippen LogP) is 1.92. The number of aliphatic hydroxyl groups excluding tert-OH is 1. The predicted molar refractivity (Wildman–Crippen MR) is 73.3 cm³/mol. The third-order valence-corrected chi connectivity index (χ3v) is 2.78. The van der Waals surface area contributed by atoms with Crippen LogP contribution in [0.2, 0.25) is 0 Å². The Hall–Kier alpha value is -1.88. The van der Waals surface area contributed by atoms with Crippen molar-refractivity contribution in [1.29, 1.82) is 0 Å². The average Bonchev–Trinajstić information content (AvgIpc) is 2.38. The van der Waals surface area contributed by atoms with E-state index in [1.165, 1.54) is 0 Å². The number of benzene rings is 1. The van der Waals surface area contributed by atoms with Crippen molar-refractivity contribution in [3.63, 3.8) is 0 Å². The number of nitrogen functional groups attached to an aromatic ring is 1. The number of nitrogens with one attached hydrogen (secondary N) is 1. The van der Waals surface area contributed by atoms with Crippen LogP contribution in [0, 0.1) is 0 Å². The van der Waals surface area contributed by atoms with Crippen molar-refractivity contribution in [2.75, 3.05) is 17.6 Å². The van der Waals surface area contributed by atoms with Gasteiger partial charge in [0.2, 0.25) is 5.95 Å². The SMILES string of the molecule is CCCCNc1nc(N)nc2ccc(CO)cc12. The molecule has 0 amide bonds. The number of aliphatic hydroxyl groups is 1. The molecule has 1 aromatic carbocycles. The van der Waals surface area contributed by atoms with E-state index in [1.54, 1.807) is 0 Å². The summed E-state index contributed by atoms with van der Waals surface area (Å²) in [5.74, 6) is 1.000. The molecule has 18 heavy (non-hydrogen) atoms. The van der Waals surface area contributed by atoms with Crippen LogP contribution in [0.25, 0.3) is 10.9 Å². The molecule has 0 saturated heterocycles. The van der Waals surface area contributed by atoms with Gasteiger partial charge >= 0.3 is 0 Å². The van der Waals surface area contributed by atoms with E-state index in [2.05, 4.69) is 22.2 Å². The second kappa shape index (κ2) is 5.64. The van der Waals surface area contributed by atoms with Gasteiger partial charge < -0.3 is 16.2 Å². The van der Waals surface area contributed by atoms with Crippen LogP contribution >= 0.6 is 0 Å². The molecule has 1 heterocycles. The van der Waals surface area contributed by atoms with Crippen LogP contribution in [0.3, 0.4) is 0 Å². The van der Waals surface area contributed by atoms with E-state index in [0.717, 1.165) is 41.7 Å². The summed E-state index contributed by atoms with van der Waals surface area (Å²) in [7, 11) is 0. The summed E-state index contributed by atoms with van der Waals surface area (Å²) < 4.78 is 0. The minimum absolute atomic E-state index is 0.00865. The lowest BCUT2D eigenvalue weighted by Gasteiger charge is -2.09. The first-order valence-electron chi connectivity index (χ1n) is 6.15. The molecule has 0 spiro atoms. The highest BCUT2D eigenvalue weighted by Gasteiger charge is 2.06. The first-order chi connectivity index (χ1) is 8.74. The van der Waals surface area contributed by atoms with E-state index in [1.807, 2.05) is 18.2 Å². The smallest absolute Gasteiger partial charge is 0.222 e. The maximum absolute atomic E-state index is 9.17. The number of nitrogens with two attached hydrogens (primary N) is 1. The number of unbranched alkanes of at least 4 members (excludes halogenated alkanes) is 1. The lowest BCUT2D eigenvalue weighted by molar-refractivity contribution is 0.282. The van der Waals surface area contributed by atoms with E-state index in [9.17, 15) is 5.11 Å². The van der Waals surface area contributed by atoms with Crippen LogP contribution in [-0.2, 0) is 6.61 Å². The van der Waals surface area contributed by atoms with Crippen molar-refractivity contribution < 1.29 is 5.11 Å². The Balaban J connectivity index is 2.41. The minimum atomic E-state index is 0.00865. The molecule has 0 aliphatic heterocycles. The van der Waals surface area contributed by atoms with Crippen molar-refractivity contribution in [1.82, 2.24) is 9.97 Å². The Morgan fingerprint density at radius 2 is 2.17 bits per heavy atom. The highest BCUT2D eigenvalue weighted by atomic mass is 16.3. The highest BCUT2D eigenvalue weighted by Crippen LogP contribution is 2.22. The van der Waals surface area contributed by atoms with Crippen molar-refractivity contribution in [2.45, 2.75) is 26.4 Å². The van der Waals surface area contributed by atoms with Crippen molar-refractivity contribution in [2.24, 2.45) is 0 Å². The highest BCUT2D eigenvalue weighted by molar-refractivity contribution is 5.90. The summed E-state index contributed by atoms with van der Waals surface area (Å²) >= 11 is 0. The van der Waals surface area contributed by atoms with Gasteiger partial charge in [0.15, 0.2) is 0 Å². The lowest BCUT2D eigenvalue weighted by Crippen LogP contribution is -2.06. The Kier molecular flexibility index (Phi) is 3.94. The normalized spacial score (nSPS) is 10.8. The number of rotatable bonds is 5. The van der Waals surface area contributed by atoms with Crippen LogP contribution in [-0.4, -0.2) is 21.6 Å². The molecule has 2 rings (SSSR count). The van der Waals surface area contributed by atoms with Crippen molar-refractivity contribution >= 4 is 22.7 Å². The molecule has 0 aliphatic rings. The second-order valence-electron chi connectivity index (χ2n) is 4.22. The molecule has 96 valence electrons. The molecule has 0 saturated carbocycles. The van der Waals surface area contributed by atoms with Gasteiger partial charge in [0.05, 0.1) is 12.1 Å². The van der Waals surface area contributed by atoms with Crippen LogP contribution in [0.4, 0.5) is 11.8 Å². The Bertz CT molecular complexity index is 542. The molecule has 4 N–H and O–H groups in total. The Morgan fingerprint density at radius 3 is 2.89 bits per heavy atom. The van der Waals surface area contributed by atoms with E-state index >= 15 is 0 Å². The second-order valence-corrected chi connectivity index (χ2v) is 4.22. The minimum Gasteiger partial charge on any atom is -0.392 e. The third kappa shape index (κ3) is 2.68. The molecular formula is C13H18N4O. The van der Waals surface area contributed by atoms with Gasteiger partial charge in [0.25, 0.3) is 0 Å². The van der Waals surface area contributed by atoms with Crippen LogP contribution in [0.15, 0.2) is 18.2 Å². The largest absolute Gasteiger partial charge is 0.392 e. The maximum Gasteiger partial charge on any atom is 0.222 e. The van der Waals surface area contributed by atoms with Crippen molar-refractivity contribution in [3.8, 4) is 0 Å². The molecule has 0 fully saturated rings. The Labute approximate surface area is 106 Å². The maximum atomic E-state index is 9.17. The number of aromatic nitrogens is 2. The number of nitrogens with zero attached hydrogens (tertiary/aromatic N) is 2. The van der Waals surface area contributed by atoms with Gasteiger partial charge in [-0.3, -0.25) is 0 Å². The van der Waals surface area contributed by atoms with Gasteiger partial charge in [-0.05, 0) is 24.1 Å². The summed E-state index contributed by atoms with van der Waals surface area (Å²) in [6.07, 6.45) is 2.19. The van der Waals surface area contributed by atoms with Gasteiger partial charge in [-0.2, -0.15) is 4.98 Å². The van der Waals surface area contributed by atoms with Crippen LogP contribution in [0.5, 0.6) is 0 Å². The molecule has 1 aromatic heterocycles. The number of hydrogen-bond acceptors (Lipinski definition) is 5. The number of fused-ring (bicyclic) bond motifs is 1. The molecule has 2 aromatic rings. The standard InChI is InChI=1S/C13H18N4O/c1-2-3-6-15-12-10-7-9(8-18)4-5-11(10)16-13(14)17-12/h4-5,7,18H,2-3,6,8H2,1H3,(H3,14,15,16,17). The fourth-order valence-corrected chi connectivity index (χ4v) is 1.81. The molecule has 0 unspecified atom stereocenters. The third-order valence-electron chi connectivity index (χ3n) is 2.78. The van der Waals surface area contributed by atoms with Gasteiger partial charge in [-0.25, -0.2) is 4.98 Å². The zero-order valence-electron chi connectivity index (χ0n) is 10.5. The average molecular weight is 246 g/mol. The quantitative estimate of drug-likeness (QED) is 0.702. The molecule has 0 atom stereocenters.